The summed E-state index contributed by atoms with van der Waals surface area (Å²) in [6.45, 7) is 9.24. The smallest absolute Gasteiger partial charge is 0.353 e. The fourth-order valence-electron chi connectivity index (χ4n) is 3.28. The Balaban J connectivity index is 2.81. The van der Waals surface area contributed by atoms with Crippen LogP contribution in [-0.2, 0) is 6.61 Å². The standard InChI is InChI=1S/C23H28N2O6/c1-6-10-15(4)31-20-17(14(2)3)22(30-13-16-11-8-7-9-12-16)19(25(27)28)21(29-5)18(20)23(24)26/h6-9,11-12,14-15H,1,10,13H2,2-5H3,(H2,24,26)/t15-/m1/s1. The van der Waals surface area contributed by atoms with Crippen molar-refractivity contribution in [3.8, 4) is 17.2 Å². The second kappa shape index (κ2) is 10.5. The van der Waals surface area contributed by atoms with Gasteiger partial charge in [-0.05, 0) is 18.4 Å². The molecule has 0 heterocycles. The summed E-state index contributed by atoms with van der Waals surface area (Å²) in [6, 6.07) is 9.25. The van der Waals surface area contributed by atoms with Gasteiger partial charge >= 0.3 is 5.69 Å². The van der Waals surface area contributed by atoms with Gasteiger partial charge in [0, 0.05) is 12.0 Å². The van der Waals surface area contributed by atoms with Crippen LogP contribution in [0, 0.1) is 10.1 Å². The summed E-state index contributed by atoms with van der Waals surface area (Å²) < 4.78 is 17.3. The molecule has 0 radical (unpaired) electrons. The van der Waals surface area contributed by atoms with E-state index in [1.54, 1.807) is 13.0 Å². The van der Waals surface area contributed by atoms with Crippen LogP contribution >= 0.6 is 0 Å². The van der Waals surface area contributed by atoms with E-state index in [2.05, 4.69) is 6.58 Å². The molecule has 0 aromatic heterocycles. The number of benzene rings is 2. The molecule has 8 heteroatoms. The maximum atomic E-state index is 12.4. The number of carbonyl (C=O) groups is 1. The molecule has 0 spiro atoms. The molecule has 0 aliphatic carbocycles. The summed E-state index contributed by atoms with van der Waals surface area (Å²) >= 11 is 0. The Hall–Kier alpha value is -3.55. The molecule has 2 rings (SSSR count). The average molecular weight is 428 g/mol. The number of nitro groups is 1. The zero-order valence-electron chi connectivity index (χ0n) is 18.2. The molecule has 8 nitrogen and oxygen atoms in total. The number of rotatable bonds is 11. The Kier molecular flexibility index (Phi) is 8.01. The predicted molar refractivity (Wildman–Crippen MR) is 118 cm³/mol. The Morgan fingerprint density at radius 2 is 1.84 bits per heavy atom. The predicted octanol–water partition coefficient (Wildman–Crippen LogP) is 4.75. The van der Waals surface area contributed by atoms with Crippen LogP contribution in [0.4, 0.5) is 5.69 Å². The lowest BCUT2D eigenvalue weighted by atomic mass is 9.94. The second-order valence-electron chi connectivity index (χ2n) is 7.33. The number of nitrogens with zero attached hydrogens (tertiary/aromatic N) is 1. The molecule has 31 heavy (non-hydrogen) atoms. The van der Waals surface area contributed by atoms with E-state index in [-0.39, 0.29) is 41.4 Å². The number of amides is 1. The van der Waals surface area contributed by atoms with Gasteiger partial charge in [-0.3, -0.25) is 14.9 Å². The van der Waals surface area contributed by atoms with Crippen molar-refractivity contribution in [3.05, 3.63) is 69.8 Å². The Morgan fingerprint density at radius 3 is 2.32 bits per heavy atom. The highest BCUT2D eigenvalue weighted by molar-refractivity contribution is 6.01. The van der Waals surface area contributed by atoms with Gasteiger partial charge in [0.1, 0.15) is 17.9 Å². The summed E-state index contributed by atoms with van der Waals surface area (Å²) in [4.78, 5) is 23.8. The van der Waals surface area contributed by atoms with Gasteiger partial charge < -0.3 is 19.9 Å². The van der Waals surface area contributed by atoms with Crippen molar-refractivity contribution >= 4 is 11.6 Å². The summed E-state index contributed by atoms with van der Waals surface area (Å²) in [5.41, 5.74) is 6.18. The number of carbonyl (C=O) groups excluding carboxylic acids is 1. The van der Waals surface area contributed by atoms with Crippen molar-refractivity contribution in [2.75, 3.05) is 7.11 Å². The van der Waals surface area contributed by atoms with Crippen molar-refractivity contribution in [1.82, 2.24) is 0 Å². The average Bonchev–Trinajstić information content (AvgIpc) is 2.71. The lowest BCUT2D eigenvalue weighted by Gasteiger charge is -2.24. The Labute approximate surface area is 181 Å². The first-order chi connectivity index (χ1) is 14.7. The molecule has 1 atom stereocenters. The number of primary amides is 1. The van der Waals surface area contributed by atoms with Crippen molar-refractivity contribution in [3.63, 3.8) is 0 Å². The minimum Gasteiger partial charge on any atom is -0.489 e. The highest BCUT2D eigenvalue weighted by atomic mass is 16.6. The lowest BCUT2D eigenvalue weighted by Crippen LogP contribution is -2.21. The van der Waals surface area contributed by atoms with Crippen LogP contribution in [0.3, 0.4) is 0 Å². The first-order valence-electron chi connectivity index (χ1n) is 9.89. The Bertz CT molecular complexity index is 957. The first-order valence-corrected chi connectivity index (χ1v) is 9.89. The number of hydrogen-bond acceptors (Lipinski definition) is 6. The maximum absolute atomic E-state index is 12.4. The molecule has 0 aliphatic rings. The molecule has 0 saturated carbocycles. The molecule has 0 saturated heterocycles. The molecule has 0 fully saturated rings. The van der Waals surface area contributed by atoms with Crippen LogP contribution in [0.1, 0.15) is 54.6 Å². The monoisotopic (exact) mass is 428 g/mol. The van der Waals surface area contributed by atoms with Gasteiger partial charge in [0.15, 0.2) is 0 Å². The molecule has 2 aromatic rings. The fourth-order valence-corrected chi connectivity index (χ4v) is 3.28. The molecule has 0 unspecified atom stereocenters. The largest absolute Gasteiger partial charge is 0.489 e. The number of ether oxygens (including phenoxy) is 3. The molecule has 1 amide bonds. The number of hydrogen-bond donors (Lipinski definition) is 1. The van der Waals surface area contributed by atoms with Gasteiger partial charge in [0.2, 0.25) is 11.5 Å². The third-order valence-electron chi connectivity index (χ3n) is 4.63. The van der Waals surface area contributed by atoms with Gasteiger partial charge in [0.05, 0.1) is 18.1 Å². The minimum absolute atomic E-state index is 0.00786. The fraction of sp³-hybridized carbons (Fsp3) is 0.348. The van der Waals surface area contributed by atoms with Gasteiger partial charge in [-0.25, -0.2) is 0 Å². The number of methoxy groups -OCH3 is 1. The van der Waals surface area contributed by atoms with Crippen LogP contribution < -0.4 is 19.9 Å². The van der Waals surface area contributed by atoms with Crippen LogP contribution in [0.25, 0.3) is 0 Å². The van der Waals surface area contributed by atoms with E-state index in [1.807, 2.05) is 44.2 Å². The van der Waals surface area contributed by atoms with Crippen molar-refractivity contribution in [1.29, 1.82) is 0 Å². The van der Waals surface area contributed by atoms with Gasteiger partial charge in [-0.15, -0.1) is 6.58 Å². The Morgan fingerprint density at radius 1 is 1.19 bits per heavy atom. The van der Waals surface area contributed by atoms with E-state index in [0.29, 0.717) is 12.0 Å². The molecular weight excluding hydrogens is 400 g/mol. The topological polar surface area (TPSA) is 114 Å². The first kappa shape index (κ1) is 23.7. The molecular formula is C23H28N2O6. The van der Waals surface area contributed by atoms with E-state index < -0.39 is 16.5 Å². The van der Waals surface area contributed by atoms with Crippen LogP contribution in [-0.4, -0.2) is 24.0 Å². The molecule has 166 valence electrons. The number of nitro benzene ring substituents is 1. The number of nitrogens with two attached hydrogens (primary N) is 1. The van der Waals surface area contributed by atoms with Gasteiger partial charge in [-0.2, -0.15) is 0 Å². The highest BCUT2D eigenvalue weighted by Gasteiger charge is 2.37. The zero-order valence-corrected chi connectivity index (χ0v) is 18.2. The summed E-state index contributed by atoms with van der Waals surface area (Å²) in [6.07, 6.45) is 1.81. The third-order valence-corrected chi connectivity index (χ3v) is 4.63. The van der Waals surface area contributed by atoms with E-state index in [1.165, 1.54) is 7.11 Å². The molecule has 2 N–H and O–H groups in total. The van der Waals surface area contributed by atoms with Gasteiger partial charge in [0.25, 0.3) is 5.91 Å². The van der Waals surface area contributed by atoms with Crippen molar-refractivity contribution in [2.24, 2.45) is 5.73 Å². The van der Waals surface area contributed by atoms with E-state index in [0.717, 1.165) is 5.56 Å². The quantitative estimate of drug-likeness (QED) is 0.314. The molecule has 0 bridgehead atoms. The SMILES string of the molecule is C=CC[C@@H](C)Oc1c(C(N)=O)c(OC)c([N+](=O)[O-])c(OCc2ccccc2)c1C(C)C. The van der Waals surface area contributed by atoms with E-state index >= 15 is 0 Å². The summed E-state index contributed by atoms with van der Waals surface area (Å²) in [5.74, 6) is -1.34. The second-order valence-corrected chi connectivity index (χ2v) is 7.33. The molecule has 2 aromatic carbocycles. The van der Waals surface area contributed by atoms with Crippen LogP contribution in [0.15, 0.2) is 43.0 Å². The normalized spacial score (nSPS) is 11.6. The van der Waals surface area contributed by atoms with Crippen molar-refractivity contribution < 1.29 is 23.9 Å². The van der Waals surface area contributed by atoms with E-state index in [9.17, 15) is 14.9 Å². The van der Waals surface area contributed by atoms with Crippen molar-refractivity contribution in [2.45, 2.75) is 45.8 Å². The minimum atomic E-state index is -0.891. The lowest BCUT2D eigenvalue weighted by molar-refractivity contribution is -0.386. The van der Waals surface area contributed by atoms with E-state index in [4.69, 9.17) is 19.9 Å². The summed E-state index contributed by atoms with van der Waals surface area (Å²) in [7, 11) is 1.24. The third kappa shape index (κ3) is 5.33. The maximum Gasteiger partial charge on any atom is 0.353 e. The van der Waals surface area contributed by atoms with Gasteiger partial charge in [-0.1, -0.05) is 50.3 Å². The zero-order chi connectivity index (χ0) is 23.1. The molecule has 0 aliphatic heterocycles. The summed E-state index contributed by atoms with van der Waals surface area (Å²) in [5, 5.41) is 12.0. The highest BCUT2D eigenvalue weighted by Crippen LogP contribution is 2.51. The van der Waals surface area contributed by atoms with Crippen LogP contribution in [0.2, 0.25) is 0 Å². The van der Waals surface area contributed by atoms with Crippen LogP contribution in [0.5, 0.6) is 17.2 Å².